The van der Waals surface area contributed by atoms with Gasteiger partial charge in [0.05, 0.1) is 15.9 Å². The Kier molecular flexibility index (Phi) is 2.74. The van der Waals surface area contributed by atoms with Crippen molar-refractivity contribution in [2.75, 3.05) is 0 Å². The van der Waals surface area contributed by atoms with E-state index in [1.165, 1.54) is 10.8 Å². The summed E-state index contributed by atoms with van der Waals surface area (Å²) in [7, 11) is 0. The minimum Gasteiger partial charge on any atom is -0.339 e. The van der Waals surface area contributed by atoms with Gasteiger partial charge in [-0.1, -0.05) is 23.9 Å². The largest absolute Gasteiger partial charge is 0.357 e. The SMILES string of the molecule is O=c1cc(CSc2nc3ccccc3s2)[nH]o1. The van der Waals surface area contributed by atoms with Crippen molar-refractivity contribution in [2.45, 2.75) is 10.1 Å². The van der Waals surface area contributed by atoms with E-state index in [2.05, 4.69) is 20.7 Å². The molecule has 0 bridgehead atoms. The van der Waals surface area contributed by atoms with Crippen LogP contribution in [0.25, 0.3) is 10.2 Å². The van der Waals surface area contributed by atoms with Crippen LogP contribution in [0.1, 0.15) is 5.69 Å². The fourth-order valence-corrected chi connectivity index (χ4v) is 3.40. The quantitative estimate of drug-likeness (QED) is 0.739. The third-order valence-electron chi connectivity index (χ3n) is 2.20. The van der Waals surface area contributed by atoms with E-state index in [9.17, 15) is 4.79 Å². The molecule has 6 heteroatoms. The summed E-state index contributed by atoms with van der Waals surface area (Å²) in [6.45, 7) is 0. The Morgan fingerprint density at radius 3 is 3.06 bits per heavy atom. The van der Waals surface area contributed by atoms with Crippen LogP contribution in [-0.4, -0.2) is 10.1 Å². The normalized spacial score (nSPS) is 11.1. The van der Waals surface area contributed by atoms with Gasteiger partial charge >= 0.3 is 5.63 Å². The fraction of sp³-hybridized carbons (Fsp3) is 0.0909. The molecule has 0 aliphatic carbocycles. The lowest BCUT2D eigenvalue weighted by Gasteiger charge is -1.91. The summed E-state index contributed by atoms with van der Waals surface area (Å²) in [4.78, 5) is 15.3. The second-order valence-electron chi connectivity index (χ2n) is 3.43. The van der Waals surface area contributed by atoms with Gasteiger partial charge in [0.1, 0.15) is 0 Å². The van der Waals surface area contributed by atoms with E-state index in [4.69, 9.17) is 0 Å². The smallest absolute Gasteiger partial charge is 0.339 e. The van der Waals surface area contributed by atoms with Crippen molar-refractivity contribution in [3.05, 3.63) is 46.4 Å². The van der Waals surface area contributed by atoms with Crippen molar-refractivity contribution >= 4 is 33.3 Å². The molecule has 0 aliphatic heterocycles. The van der Waals surface area contributed by atoms with Crippen molar-refractivity contribution in [2.24, 2.45) is 0 Å². The minimum atomic E-state index is -0.343. The number of thioether (sulfide) groups is 1. The Labute approximate surface area is 105 Å². The molecule has 0 amide bonds. The number of nitrogens with one attached hydrogen (secondary N) is 1. The third kappa shape index (κ3) is 2.27. The molecule has 1 N–H and O–H groups in total. The molecule has 0 fully saturated rings. The molecule has 0 spiro atoms. The standard InChI is InChI=1S/C11H8N2O2S2/c14-10-5-7(13-15-10)6-16-11-12-8-3-1-2-4-9(8)17-11/h1-5,13H,6H2. The van der Waals surface area contributed by atoms with E-state index >= 15 is 0 Å². The fourth-order valence-electron chi connectivity index (χ4n) is 1.44. The highest BCUT2D eigenvalue weighted by Gasteiger charge is 2.05. The lowest BCUT2D eigenvalue weighted by molar-refractivity contribution is 0.387. The van der Waals surface area contributed by atoms with Crippen LogP contribution >= 0.6 is 23.1 Å². The Morgan fingerprint density at radius 2 is 2.29 bits per heavy atom. The Balaban J connectivity index is 1.78. The number of benzene rings is 1. The summed E-state index contributed by atoms with van der Waals surface area (Å²) in [5.74, 6) is 0.658. The average Bonchev–Trinajstić information content (AvgIpc) is 2.91. The number of rotatable bonds is 3. The number of thiazole rings is 1. The van der Waals surface area contributed by atoms with Crippen molar-refractivity contribution in [3.8, 4) is 0 Å². The maximum absolute atomic E-state index is 10.8. The molecule has 0 atom stereocenters. The molecule has 3 rings (SSSR count). The van der Waals surface area contributed by atoms with Gasteiger partial charge in [0, 0.05) is 11.8 Å². The van der Waals surface area contributed by atoms with Crippen LogP contribution in [0.3, 0.4) is 0 Å². The average molecular weight is 264 g/mol. The number of para-hydroxylation sites is 1. The second-order valence-corrected chi connectivity index (χ2v) is 5.68. The number of hydrogen-bond acceptors (Lipinski definition) is 5. The first kappa shape index (κ1) is 10.6. The van der Waals surface area contributed by atoms with Gasteiger partial charge in [-0.15, -0.1) is 11.3 Å². The summed E-state index contributed by atoms with van der Waals surface area (Å²) < 4.78 is 6.77. The molecule has 0 radical (unpaired) electrons. The molecule has 4 nitrogen and oxygen atoms in total. The maximum Gasteiger partial charge on any atom is 0.357 e. The number of aromatic amines is 1. The lowest BCUT2D eigenvalue weighted by atomic mass is 10.3. The first-order valence-electron chi connectivity index (χ1n) is 4.97. The highest BCUT2D eigenvalue weighted by Crippen LogP contribution is 2.30. The highest BCUT2D eigenvalue weighted by atomic mass is 32.2. The van der Waals surface area contributed by atoms with E-state index in [1.807, 2.05) is 18.2 Å². The Morgan fingerprint density at radius 1 is 1.41 bits per heavy atom. The topological polar surface area (TPSA) is 58.9 Å². The van der Waals surface area contributed by atoms with Crippen LogP contribution in [-0.2, 0) is 5.75 Å². The summed E-state index contributed by atoms with van der Waals surface area (Å²) in [6.07, 6.45) is 0. The van der Waals surface area contributed by atoms with E-state index in [1.54, 1.807) is 23.1 Å². The summed E-state index contributed by atoms with van der Waals surface area (Å²) in [6, 6.07) is 9.49. The van der Waals surface area contributed by atoms with Crippen molar-refractivity contribution < 1.29 is 4.52 Å². The van der Waals surface area contributed by atoms with Gasteiger partial charge in [-0.3, -0.25) is 0 Å². The first-order valence-corrected chi connectivity index (χ1v) is 6.77. The molecule has 0 saturated carbocycles. The molecule has 0 aliphatic rings. The van der Waals surface area contributed by atoms with Crippen LogP contribution < -0.4 is 5.63 Å². The van der Waals surface area contributed by atoms with Gasteiger partial charge in [0.25, 0.3) is 0 Å². The van der Waals surface area contributed by atoms with Crippen molar-refractivity contribution in [1.82, 2.24) is 10.1 Å². The van der Waals surface area contributed by atoms with Gasteiger partial charge < -0.3 is 4.52 Å². The third-order valence-corrected chi connectivity index (χ3v) is 4.43. The predicted octanol–water partition coefficient (Wildman–Crippen LogP) is 2.87. The lowest BCUT2D eigenvalue weighted by Crippen LogP contribution is -1.86. The second kappa shape index (κ2) is 4.38. The molecule has 1 aromatic carbocycles. The monoisotopic (exact) mass is 264 g/mol. The van der Waals surface area contributed by atoms with E-state index in [-0.39, 0.29) is 5.63 Å². The number of hydrogen-bond donors (Lipinski definition) is 1. The maximum atomic E-state index is 10.8. The summed E-state index contributed by atoms with van der Waals surface area (Å²) in [5, 5.41) is 2.58. The predicted molar refractivity (Wildman–Crippen MR) is 68.5 cm³/mol. The number of nitrogens with zero attached hydrogens (tertiary/aromatic N) is 1. The molecular weight excluding hydrogens is 256 g/mol. The molecule has 17 heavy (non-hydrogen) atoms. The van der Waals surface area contributed by atoms with Gasteiger partial charge in [-0.2, -0.15) is 0 Å². The van der Waals surface area contributed by atoms with E-state index in [0.29, 0.717) is 5.75 Å². The molecule has 0 unspecified atom stereocenters. The number of fused-ring (bicyclic) bond motifs is 1. The van der Waals surface area contributed by atoms with Crippen LogP contribution in [0.4, 0.5) is 0 Å². The minimum absolute atomic E-state index is 0.343. The van der Waals surface area contributed by atoms with Crippen LogP contribution in [0.2, 0.25) is 0 Å². The van der Waals surface area contributed by atoms with Gasteiger partial charge in [0.2, 0.25) is 0 Å². The molecule has 3 aromatic rings. The van der Waals surface area contributed by atoms with Gasteiger partial charge in [-0.05, 0) is 12.1 Å². The van der Waals surface area contributed by atoms with Crippen molar-refractivity contribution in [3.63, 3.8) is 0 Å². The Bertz CT molecular complexity index is 665. The van der Waals surface area contributed by atoms with Crippen LogP contribution in [0, 0.1) is 0 Å². The molecular formula is C11H8N2O2S2. The Hall–Kier alpha value is -1.53. The van der Waals surface area contributed by atoms with E-state index in [0.717, 1.165) is 15.6 Å². The van der Waals surface area contributed by atoms with Crippen LogP contribution in [0.5, 0.6) is 0 Å². The first-order chi connectivity index (χ1) is 8.31. The molecule has 2 heterocycles. The van der Waals surface area contributed by atoms with Gasteiger partial charge in [0.15, 0.2) is 4.34 Å². The molecule has 2 aromatic heterocycles. The number of aromatic nitrogens is 2. The zero-order valence-corrected chi connectivity index (χ0v) is 10.3. The molecule has 86 valence electrons. The van der Waals surface area contributed by atoms with Crippen molar-refractivity contribution in [1.29, 1.82) is 0 Å². The zero-order valence-electron chi connectivity index (χ0n) is 8.67. The van der Waals surface area contributed by atoms with Crippen LogP contribution in [0.15, 0.2) is 44.0 Å². The summed E-state index contributed by atoms with van der Waals surface area (Å²) in [5.41, 5.74) is 1.45. The number of H-pyrrole nitrogens is 1. The zero-order chi connectivity index (χ0) is 11.7. The molecule has 0 saturated heterocycles. The summed E-state index contributed by atoms with van der Waals surface area (Å²) >= 11 is 3.24. The van der Waals surface area contributed by atoms with Gasteiger partial charge in [-0.25, -0.2) is 14.9 Å². The van der Waals surface area contributed by atoms with E-state index < -0.39 is 0 Å². The highest BCUT2D eigenvalue weighted by molar-refractivity contribution is 8.00.